The second-order valence-electron chi connectivity index (χ2n) is 3.12. The number of thiophene rings is 1. The summed E-state index contributed by atoms with van der Waals surface area (Å²) in [6, 6.07) is 1.03. The van der Waals surface area contributed by atoms with Gasteiger partial charge in [0, 0.05) is 20.8 Å². The summed E-state index contributed by atoms with van der Waals surface area (Å²) in [6.45, 7) is 0. The molecule has 0 fully saturated rings. The average molecular weight is 303 g/mol. The Labute approximate surface area is 97.8 Å². The summed E-state index contributed by atoms with van der Waals surface area (Å²) in [5.74, 6) is 5.08. The van der Waals surface area contributed by atoms with E-state index in [2.05, 4.69) is 21.4 Å². The quantitative estimate of drug-likeness (QED) is 0.663. The predicted molar refractivity (Wildman–Crippen MR) is 57.5 cm³/mol. The van der Waals surface area contributed by atoms with E-state index in [-0.39, 0.29) is 6.42 Å². The number of halogens is 4. The fraction of sp³-hybridized carbons (Fsp3) is 0.500. The smallest absolute Gasteiger partial charge is 0.271 e. The summed E-state index contributed by atoms with van der Waals surface area (Å²) in [6.07, 6.45) is -4.82. The molecule has 0 aliphatic rings. The Hall–Kier alpha value is -0.110. The van der Waals surface area contributed by atoms with Crippen molar-refractivity contribution in [1.29, 1.82) is 0 Å². The lowest BCUT2D eigenvalue weighted by Crippen LogP contribution is -2.39. The van der Waals surface area contributed by atoms with Crippen LogP contribution in [-0.2, 0) is 6.42 Å². The highest BCUT2D eigenvalue weighted by Gasteiger charge is 2.31. The highest BCUT2D eigenvalue weighted by Crippen LogP contribution is 2.25. The number of rotatable bonds is 4. The number of nitrogens with two attached hydrogens (primary N) is 1. The van der Waals surface area contributed by atoms with Crippen molar-refractivity contribution in [1.82, 2.24) is 5.43 Å². The van der Waals surface area contributed by atoms with Gasteiger partial charge in [-0.15, -0.1) is 11.3 Å². The maximum atomic E-state index is 12.1. The van der Waals surface area contributed by atoms with E-state index in [1.165, 1.54) is 11.3 Å². The van der Waals surface area contributed by atoms with Gasteiger partial charge in [-0.1, -0.05) is 0 Å². The molecule has 3 N–H and O–H groups in total. The van der Waals surface area contributed by atoms with Gasteiger partial charge in [-0.25, -0.2) is 0 Å². The summed E-state index contributed by atoms with van der Waals surface area (Å²) in [7, 11) is 0. The van der Waals surface area contributed by atoms with Gasteiger partial charge < -0.3 is 0 Å². The number of hydrogen-bond acceptors (Lipinski definition) is 3. The number of hydrazine groups is 1. The third kappa shape index (κ3) is 4.96. The standard InChI is InChI=1S/C8H10BrF3N2S/c9-5-1-7(15-4-5)2-6(14-13)3-8(10,11)12/h1,4,6,14H,2-3,13H2. The van der Waals surface area contributed by atoms with Crippen molar-refractivity contribution < 1.29 is 13.2 Å². The van der Waals surface area contributed by atoms with Gasteiger partial charge in [-0.05, 0) is 28.4 Å². The molecule has 2 nitrogen and oxygen atoms in total. The van der Waals surface area contributed by atoms with Crippen LogP contribution < -0.4 is 11.3 Å². The van der Waals surface area contributed by atoms with Gasteiger partial charge in [0.15, 0.2) is 0 Å². The molecule has 1 aromatic heterocycles. The summed E-state index contributed by atoms with van der Waals surface area (Å²) in [5.41, 5.74) is 2.19. The van der Waals surface area contributed by atoms with Crippen molar-refractivity contribution in [2.24, 2.45) is 5.84 Å². The molecule has 1 aromatic rings. The van der Waals surface area contributed by atoms with Crippen LogP contribution >= 0.6 is 27.3 Å². The first-order chi connectivity index (χ1) is 6.90. The Kier molecular flexibility index (Phi) is 4.57. The molecule has 1 heterocycles. The predicted octanol–water partition coefficient (Wildman–Crippen LogP) is 2.84. The van der Waals surface area contributed by atoms with Crippen molar-refractivity contribution in [3.63, 3.8) is 0 Å². The average Bonchev–Trinajstić information content (AvgIpc) is 2.47. The van der Waals surface area contributed by atoms with Crippen LogP contribution in [0, 0.1) is 0 Å². The first-order valence-electron chi connectivity index (χ1n) is 4.16. The molecule has 15 heavy (non-hydrogen) atoms. The molecule has 1 unspecified atom stereocenters. The lowest BCUT2D eigenvalue weighted by molar-refractivity contribution is -0.139. The molecule has 0 spiro atoms. The second kappa shape index (κ2) is 5.29. The van der Waals surface area contributed by atoms with Gasteiger partial charge in [-0.3, -0.25) is 11.3 Å². The van der Waals surface area contributed by atoms with E-state index in [9.17, 15) is 13.2 Å². The summed E-state index contributed by atoms with van der Waals surface area (Å²) >= 11 is 4.65. The first kappa shape index (κ1) is 13.0. The Morgan fingerprint density at radius 1 is 1.53 bits per heavy atom. The normalized spacial score (nSPS) is 14.2. The Morgan fingerprint density at radius 3 is 2.60 bits per heavy atom. The Morgan fingerprint density at radius 2 is 2.20 bits per heavy atom. The van der Waals surface area contributed by atoms with Gasteiger partial charge in [0.05, 0.1) is 6.42 Å². The topological polar surface area (TPSA) is 38.0 Å². The zero-order chi connectivity index (χ0) is 11.5. The van der Waals surface area contributed by atoms with Crippen molar-refractivity contribution in [2.75, 3.05) is 0 Å². The van der Waals surface area contributed by atoms with Crippen LogP contribution in [-0.4, -0.2) is 12.2 Å². The van der Waals surface area contributed by atoms with Crippen molar-refractivity contribution in [3.05, 3.63) is 20.8 Å². The van der Waals surface area contributed by atoms with Crippen molar-refractivity contribution in [3.8, 4) is 0 Å². The molecule has 0 saturated heterocycles. The van der Waals surface area contributed by atoms with Crippen LogP contribution in [0.15, 0.2) is 15.9 Å². The van der Waals surface area contributed by atoms with Crippen LogP contribution in [0.1, 0.15) is 11.3 Å². The molecular formula is C8H10BrF3N2S. The van der Waals surface area contributed by atoms with Gasteiger partial charge >= 0.3 is 6.18 Å². The maximum absolute atomic E-state index is 12.1. The van der Waals surface area contributed by atoms with Crippen LogP contribution in [0.2, 0.25) is 0 Å². The lowest BCUT2D eigenvalue weighted by Gasteiger charge is -2.16. The minimum Gasteiger partial charge on any atom is -0.271 e. The molecule has 0 aliphatic carbocycles. The van der Waals surface area contributed by atoms with Gasteiger partial charge in [0.2, 0.25) is 0 Å². The molecule has 0 aromatic carbocycles. The monoisotopic (exact) mass is 302 g/mol. The summed E-state index contributed by atoms with van der Waals surface area (Å²) < 4.78 is 37.2. The summed E-state index contributed by atoms with van der Waals surface area (Å²) in [5, 5.41) is 1.83. The largest absolute Gasteiger partial charge is 0.390 e. The number of alkyl halides is 3. The molecule has 0 bridgehead atoms. The molecule has 0 aliphatic heterocycles. The number of hydrogen-bond donors (Lipinski definition) is 2. The molecule has 1 atom stereocenters. The Balaban J connectivity index is 2.54. The third-order valence-electron chi connectivity index (χ3n) is 1.78. The van der Waals surface area contributed by atoms with Crippen molar-refractivity contribution >= 4 is 27.3 Å². The zero-order valence-electron chi connectivity index (χ0n) is 7.64. The minimum absolute atomic E-state index is 0.284. The molecular weight excluding hydrogens is 293 g/mol. The second-order valence-corrected chi connectivity index (χ2v) is 5.03. The fourth-order valence-corrected chi connectivity index (χ4v) is 2.71. The van der Waals surface area contributed by atoms with Crippen LogP contribution in [0.5, 0.6) is 0 Å². The molecule has 0 amide bonds. The van der Waals surface area contributed by atoms with E-state index in [0.717, 1.165) is 9.35 Å². The molecule has 0 radical (unpaired) electrons. The highest BCUT2D eigenvalue weighted by atomic mass is 79.9. The van der Waals surface area contributed by atoms with Crippen LogP contribution in [0.25, 0.3) is 0 Å². The first-order valence-corrected chi connectivity index (χ1v) is 5.84. The summed E-state index contributed by atoms with van der Waals surface area (Å²) in [4.78, 5) is 0.870. The van der Waals surface area contributed by atoms with E-state index in [4.69, 9.17) is 5.84 Å². The van der Waals surface area contributed by atoms with Gasteiger partial charge in [-0.2, -0.15) is 13.2 Å². The molecule has 86 valence electrons. The fourth-order valence-electron chi connectivity index (χ4n) is 1.17. The zero-order valence-corrected chi connectivity index (χ0v) is 10.0. The van der Waals surface area contributed by atoms with E-state index >= 15 is 0 Å². The third-order valence-corrected chi connectivity index (χ3v) is 3.50. The van der Waals surface area contributed by atoms with Gasteiger partial charge in [0.1, 0.15) is 0 Å². The van der Waals surface area contributed by atoms with E-state index < -0.39 is 18.6 Å². The Bertz CT molecular complexity index is 313. The lowest BCUT2D eigenvalue weighted by atomic mass is 10.1. The SMILES string of the molecule is NNC(Cc1cc(Br)cs1)CC(F)(F)F. The molecule has 7 heteroatoms. The van der Waals surface area contributed by atoms with E-state index in [0.29, 0.717) is 0 Å². The van der Waals surface area contributed by atoms with Crippen molar-refractivity contribution in [2.45, 2.75) is 25.1 Å². The maximum Gasteiger partial charge on any atom is 0.390 e. The van der Waals surface area contributed by atoms with Gasteiger partial charge in [0.25, 0.3) is 0 Å². The van der Waals surface area contributed by atoms with Crippen LogP contribution in [0.4, 0.5) is 13.2 Å². The number of nitrogens with one attached hydrogen (secondary N) is 1. The minimum atomic E-state index is -4.19. The van der Waals surface area contributed by atoms with Crippen LogP contribution in [0.3, 0.4) is 0 Å². The van der Waals surface area contributed by atoms with E-state index in [1.807, 2.05) is 5.38 Å². The molecule has 0 saturated carbocycles. The van der Waals surface area contributed by atoms with E-state index in [1.54, 1.807) is 6.07 Å². The molecule has 1 rings (SSSR count). The highest BCUT2D eigenvalue weighted by molar-refractivity contribution is 9.10.